The summed E-state index contributed by atoms with van der Waals surface area (Å²) in [5.41, 5.74) is 8.64. The molecule has 4 N–H and O–H groups in total. The van der Waals surface area contributed by atoms with Crippen LogP contribution in [0.4, 0.5) is 0 Å². The Hall–Kier alpha value is -1.62. The van der Waals surface area contributed by atoms with Crippen LogP contribution in [0.1, 0.15) is 23.6 Å². The predicted molar refractivity (Wildman–Crippen MR) is 48.9 cm³/mol. The molecule has 0 radical (unpaired) electrons. The Morgan fingerprint density at radius 3 is 2.50 bits per heavy atom. The van der Waals surface area contributed by atoms with Crippen molar-refractivity contribution in [2.75, 3.05) is 0 Å². The summed E-state index contributed by atoms with van der Waals surface area (Å²) in [5, 5.41) is 12.5. The van der Waals surface area contributed by atoms with Gasteiger partial charge < -0.3 is 5.73 Å². The smallest absolute Gasteiger partial charge is 0.324 e. The zero-order valence-electron chi connectivity index (χ0n) is 7.63. The summed E-state index contributed by atoms with van der Waals surface area (Å²) in [6, 6.07) is 8.74. The average Bonchev–Trinajstić information content (AvgIpc) is 2.48. The van der Waals surface area contributed by atoms with Gasteiger partial charge in [0.2, 0.25) is 0 Å². The highest BCUT2D eigenvalue weighted by molar-refractivity contribution is 5.33. The molecule has 0 spiro atoms. The first kappa shape index (κ1) is 10.5. The molecule has 0 aliphatic heterocycles. The van der Waals surface area contributed by atoms with Gasteiger partial charge in [-0.1, -0.05) is 24.3 Å². The number of aryl methyl sites for hydroxylation is 1. The lowest BCUT2D eigenvalue weighted by atomic mass is 10.1. The predicted octanol–water partition coefficient (Wildman–Crippen LogP) is 1.18. The number of hydrogen-bond donors (Lipinski definition) is 3. The molecule has 1 aromatic rings. The maximum Gasteiger partial charge on any atom is 0.472 e. The van der Waals surface area contributed by atoms with E-state index in [9.17, 15) is 0 Å². The van der Waals surface area contributed by atoms with Gasteiger partial charge in [-0.05, 0) is 24.0 Å². The van der Waals surface area contributed by atoms with Crippen molar-refractivity contribution in [3.05, 3.63) is 40.3 Å². The lowest BCUT2D eigenvalue weighted by Gasteiger charge is -2.01. The third kappa shape index (κ3) is 2.70. The average molecular weight is 197 g/mol. The Labute approximate surface area is 81.3 Å². The summed E-state index contributed by atoms with van der Waals surface area (Å²) in [5.74, 6) is 0. The number of nitrogens with zero attached hydrogens (tertiary/aromatic N) is 1. The first-order valence-corrected chi connectivity index (χ1v) is 4.29. The second kappa shape index (κ2) is 4.57. The zero-order chi connectivity index (χ0) is 10.6. The van der Waals surface area contributed by atoms with Gasteiger partial charge in [-0.3, -0.25) is 0 Å². The van der Waals surface area contributed by atoms with Crippen molar-refractivity contribution in [1.29, 1.82) is 0 Å². The molecule has 0 saturated carbocycles. The van der Waals surface area contributed by atoms with Crippen molar-refractivity contribution >= 4 is 0 Å². The molecule has 14 heavy (non-hydrogen) atoms. The molecule has 1 unspecified atom stereocenters. The van der Waals surface area contributed by atoms with Crippen LogP contribution < -0.4 is 5.73 Å². The van der Waals surface area contributed by atoms with Gasteiger partial charge in [-0.25, -0.2) is 10.4 Å². The maximum absolute atomic E-state index is 8.47. The van der Waals surface area contributed by atoms with Gasteiger partial charge >= 0.3 is 5.09 Å². The first-order valence-electron chi connectivity index (χ1n) is 4.29. The van der Waals surface area contributed by atoms with Crippen LogP contribution in [0.3, 0.4) is 0 Å². The van der Waals surface area contributed by atoms with E-state index in [0.717, 1.165) is 12.8 Å². The van der Waals surface area contributed by atoms with Crippen LogP contribution in [0.25, 0.3) is 0 Å². The molecule has 1 atom stereocenters. The topological polar surface area (TPSA) is 86.6 Å². The molecule has 1 aromatic carbocycles. The van der Waals surface area contributed by atoms with Gasteiger partial charge in [0, 0.05) is 6.04 Å². The normalized spacial score (nSPS) is 17.9. The van der Waals surface area contributed by atoms with E-state index in [1.165, 1.54) is 11.1 Å². The molecule has 0 fully saturated rings. The molecule has 76 valence electrons. The quantitative estimate of drug-likeness (QED) is 0.545. The van der Waals surface area contributed by atoms with Crippen molar-refractivity contribution < 1.29 is 15.5 Å². The molecule has 0 bridgehead atoms. The highest BCUT2D eigenvalue weighted by Gasteiger charge is 2.16. The zero-order valence-corrected chi connectivity index (χ0v) is 7.63. The van der Waals surface area contributed by atoms with Crippen molar-refractivity contribution in [3.63, 3.8) is 0 Å². The van der Waals surface area contributed by atoms with Crippen LogP contribution in [-0.4, -0.2) is 15.5 Å². The maximum atomic E-state index is 8.47. The van der Waals surface area contributed by atoms with Gasteiger partial charge in [0.25, 0.3) is 0 Å². The minimum Gasteiger partial charge on any atom is -0.324 e. The minimum atomic E-state index is -1.25. The molecule has 0 amide bonds. The summed E-state index contributed by atoms with van der Waals surface area (Å²) in [4.78, 5) is 8.47. The van der Waals surface area contributed by atoms with Crippen LogP contribution in [0.15, 0.2) is 24.3 Å². The van der Waals surface area contributed by atoms with E-state index >= 15 is 0 Å². The highest BCUT2D eigenvalue weighted by Crippen LogP contribution is 2.28. The Balaban J connectivity index is 0.000000213. The van der Waals surface area contributed by atoms with Crippen molar-refractivity contribution in [1.82, 2.24) is 0 Å². The Bertz CT molecular complexity index is 324. The van der Waals surface area contributed by atoms with E-state index in [1.807, 2.05) is 0 Å². The molecular formula is C9H13N2O3+. The molecular weight excluding hydrogens is 184 g/mol. The lowest BCUT2D eigenvalue weighted by molar-refractivity contribution is -0.969. The third-order valence-electron chi connectivity index (χ3n) is 2.18. The van der Waals surface area contributed by atoms with Gasteiger partial charge in [0.05, 0.1) is 0 Å². The number of benzene rings is 1. The standard InChI is InChI=1S/C9H11N.H2NO3/c10-9-6-5-7-3-1-2-4-8(7)9;2-1(3)4/h1-4,9H,5-6,10H2;(H2,2,3,4)/q;+1. The Kier molecular flexibility index (Phi) is 3.41. The fraction of sp³-hybridized carbons (Fsp3) is 0.333. The SMILES string of the molecule is NC1CCc2ccccc21.O=[N+](O)O. The van der Waals surface area contributed by atoms with E-state index in [-0.39, 0.29) is 0 Å². The summed E-state index contributed by atoms with van der Waals surface area (Å²) < 4.78 is 0. The fourth-order valence-corrected chi connectivity index (χ4v) is 1.59. The number of fused-ring (bicyclic) bond motifs is 1. The van der Waals surface area contributed by atoms with E-state index in [4.69, 9.17) is 21.1 Å². The lowest BCUT2D eigenvalue weighted by Crippen LogP contribution is -2.04. The molecule has 1 aliphatic carbocycles. The molecule has 1 aliphatic rings. The molecule has 5 heteroatoms. The largest absolute Gasteiger partial charge is 0.472 e. The van der Waals surface area contributed by atoms with Gasteiger partial charge in [-0.2, -0.15) is 0 Å². The third-order valence-corrected chi connectivity index (χ3v) is 2.18. The fourth-order valence-electron chi connectivity index (χ4n) is 1.59. The van der Waals surface area contributed by atoms with E-state index in [1.54, 1.807) is 0 Å². The van der Waals surface area contributed by atoms with E-state index in [2.05, 4.69) is 24.3 Å². The van der Waals surface area contributed by atoms with Crippen molar-refractivity contribution in [3.8, 4) is 0 Å². The Morgan fingerprint density at radius 1 is 1.36 bits per heavy atom. The summed E-state index contributed by atoms with van der Waals surface area (Å²) in [6.45, 7) is 0. The van der Waals surface area contributed by atoms with Crippen LogP contribution in [0.2, 0.25) is 0 Å². The van der Waals surface area contributed by atoms with Gasteiger partial charge in [0.1, 0.15) is 4.91 Å². The van der Waals surface area contributed by atoms with Crippen molar-refractivity contribution in [2.24, 2.45) is 5.73 Å². The second-order valence-electron chi connectivity index (χ2n) is 3.10. The molecule has 0 aromatic heterocycles. The summed E-state index contributed by atoms with van der Waals surface area (Å²) in [6.07, 6.45) is 2.29. The molecule has 2 rings (SSSR count). The van der Waals surface area contributed by atoms with E-state index < -0.39 is 5.09 Å². The Morgan fingerprint density at radius 2 is 1.93 bits per heavy atom. The summed E-state index contributed by atoms with van der Waals surface area (Å²) >= 11 is 0. The number of rotatable bonds is 0. The van der Waals surface area contributed by atoms with Gasteiger partial charge in [-0.15, -0.1) is 0 Å². The summed E-state index contributed by atoms with van der Waals surface area (Å²) in [7, 11) is 0. The molecule has 5 nitrogen and oxygen atoms in total. The first-order chi connectivity index (χ1) is 6.61. The number of nitrogens with two attached hydrogens (primary N) is 1. The van der Waals surface area contributed by atoms with Crippen LogP contribution >= 0.6 is 0 Å². The minimum absolute atomic E-state index is 0.302. The molecule has 0 heterocycles. The van der Waals surface area contributed by atoms with Crippen LogP contribution in [-0.2, 0) is 6.42 Å². The van der Waals surface area contributed by atoms with Gasteiger partial charge in [0.15, 0.2) is 0 Å². The van der Waals surface area contributed by atoms with E-state index in [0.29, 0.717) is 6.04 Å². The van der Waals surface area contributed by atoms with Crippen molar-refractivity contribution in [2.45, 2.75) is 18.9 Å². The number of hydrogen-bond acceptors (Lipinski definition) is 2. The molecule has 0 saturated heterocycles. The van der Waals surface area contributed by atoms with Crippen LogP contribution in [0, 0.1) is 4.91 Å². The van der Waals surface area contributed by atoms with Crippen LogP contribution in [0.5, 0.6) is 0 Å². The highest BCUT2D eigenvalue weighted by atomic mass is 16.9. The monoisotopic (exact) mass is 197 g/mol. The second-order valence-corrected chi connectivity index (χ2v) is 3.10.